The van der Waals surface area contributed by atoms with Gasteiger partial charge >= 0.3 is 22.8 Å². The van der Waals surface area contributed by atoms with Crippen LogP contribution in [0.1, 0.15) is 18.9 Å². The van der Waals surface area contributed by atoms with Gasteiger partial charge in [0.1, 0.15) is 17.0 Å². The monoisotopic (exact) mass is 393 g/mol. The minimum Gasteiger partial charge on any atom is -0.433 e. The summed E-state index contributed by atoms with van der Waals surface area (Å²) in [6.07, 6.45) is 2.95. The Kier molecular flexibility index (Phi) is 4.55. The molecule has 0 saturated carbocycles. The molecule has 0 aliphatic rings. The van der Waals surface area contributed by atoms with Gasteiger partial charge in [-0.3, -0.25) is 19.3 Å². The van der Waals surface area contributed by atoms with Crippen LogP contribution >= 0.6 is 0 Å². The molecule has 0 N–H and O–H groups in total. The number of fused-ring (bicyclic) bond motifs is 2. The Balaban J connectivity index is 1.85. The summed E-state index contributed by atoms with van der Waals surface area (Å²) in [5, 5.41) is 12.2. The quantitative estimate of drug-likeness (QED) is 0.289. The van der Waals surface area contributed by atoms with E-state index in [0.29, 0.717) is 12.0 Å². The minimum absolute atomic E-state index is 0.157. The number of aromatic nitrogens is 2. The van der Waals surface area contributed by atoms with E-state index in [0.717, 1.165) is 21.8 Å². The summed E-state index contributed by atoms with van der Waals surface area (Å²) in [4.78, 5) is 39.1. The average Bonchev–Trinajstić information content (AvgIpc) is 2.67. The number of ether oxygens (including phenoxy) is 1. The first-order valence-electron chi connectivity index (χ1n) is 8.88. The normalized spacial score (nSPS) is 11.1. The lowest BCUT2D eigenvalue weighted by Gasteiger charge is -2.09. The van der Waals surface area contributed by atoms with Gasteiger partial charge in [-0.2, -0.15) is 4.98 Å². The van der Waals surface area contributed by atoms with E-state index in [-0.39, 0.29) is 11.4 Å². The Morgan fingerprint density at radius 3 is 2.79 bits per heavy atom. The van der Waals surface area contributed by atoms with Gasteiger partial charge < -0.3 is 9.15 Å². The molecule has 0 atom stereocenters. The second-order valence-electron chi connectivity index (χ2n) is 6.36. The maximum absolute atomic E-state index is 12.5. The number of nitro groups is 1. The van der Waals surface area contributed by atoms with E-state index in [2.05, 4.69) is 4.98 Å². The van der Waals surface area contributed by atoms with Gasteiger partial charge in [0.2, 0.25) is 0 Å². The summed E-state index contributed by atoms with van der Waals surface area (Å²) >= 11 is 0. The van der Waals surface area contributed by atoms with Gasteiger partial charge in [0.25, 0.3) is 0 Å². The smallest absolute Gasteiger partial charge is 0.396 e. The van der Waals surface area contributed by atoms with Crippen molar-refractivity contribution < 1.29 is 14.1 Å². The van der Waals surface area contributed by atoms with Crippen molar-refractivity contribution in [2.24, 2.45) is 0 Å². The molecule has 9 nitrogen and oxygen atoms in total. The van der Waals surface area contributed by atoms with Gasteiger partial charge in [0, 0.05) is 23.7 Å². The van der Waals surface area contributed by atoms with E-state index in [4.69, 9.17) is 9.15 Å². The first-order chi connectivity index (χ1) is 14.0. The van der Waals surface area contributed by atoms with Crippen LogP contribution in [-0.2, 0) is 6.42 Å². The molecule has 0 bridgehead atoms. The number of aryl methyl sites for hydroxylation is 1. The summed E-state index contributed by atoms with van der Waals surface area (Å²) in [6, 6.07) is 10.9. The van der Waals surface area contributed by atoms with Gasteiger partial charge in [-0.05, 0) is 36.2 Å². The van der Waals surface area contributed by atoms with Crippen LogP contribution in [0.5, 0.6) is 11.6 Å². The highest BCUT2D eigenvalue weighted by molar-refractivity contribution is 5.81. The zero-order valence-corrected chi connectivity index (χ0v) is 15.3. The largest absolute Gasteiger partial charge is 0.433 e. The third-order valence-corrected chi connectivity index (χ3v) is 4.40. The van der Waals surface area contributed by atoms with Gasteiger partial charge in [-0.15, -0.1) is 0 Å². The number of benzene rings is 1. The zero-order valence-electron chi connectivity index (χ0n) is 15.3. The fraction of sp³-hybridized carbons (Fsp3) is 0.150. The second kappa shape index (κ2) is 7.19. The molecule has 0 spiro atoms. The van der Waals surface area contributed by atoms with Gasteiger partial charge in [0.15, 0.2) is 0 Å². The van der Waals surface area contributed by atoms with Crippen LogP contribution in [0.4, 0.5) is 5.69 Å². The summed E-state index contributed by atoms with van der Waals surface area (Å²) in [7, 11) is 0. The van der Waals surface area contributed by atoms with Crippen LogP contribution in [0, 0.1) is 10.1 Å². The first-order valence-corrected chi connectivity index (χ1v) is 8.88. The lowest BCUT2D eigenvalue weighted by molar-refractivity contribution is -0.387. The van der Waals surface area contributed by atoms with E-state index in [1.807, 2.05) is 6.92 Å². The first kappa shape index (κ1) is 18.4. The van der Waals surface area contributed by atoms with E-state index in [9.17, 15) is 19.7 Å². The van der Waals surface area contributed by atoms with Gasteiger partial charge in [-0.1, -0.05) is 19.4 Å². The van der Waals surface area contributed by atoms with Crippen LogP contribution in [0.3, 0.4) is 0 Å². The fourth-order valence-electron chi connectivity index (χ4n) is 3.15. The number of pyridine rings is 1. The molecule has 4 rings (SSSR count). The molecule has 0 fully saturated rings. The predicted octanol–water partition coefficient (Wildman–Crippen LogP) is 3.45. The highest BCUT2D eigenvalue weighted by Gasteiger charge is 2.25. The Labute approximate surface area is 163 Å². The highest BCUT2D eigenvalue weighted by Crippen LogP contribution is 2.30. The van der Waals surface area contributed by atoms with Crippen molar-refractivity contribution in [3.8, 4) is 11.6 Å². The van der Waals surface area contributed by atoms with Crippen molar-refractivity contribution in [2.75, 3.05) is 0 Å². The molecule has 0 amide bonds. The van der Waals surface area contributed by atoms with Crippen LogP contribution in [0.25, 0.3) is 16.6 Å². The van der Waals surface area contributed by atoms with Crippen LogP contribution in [-0.4, -0.2) is 14.3 Å². The summed E-state index contributed by atoms with van der Waals surface area (Å²) in [5.74, 6) is -0.276. The Bertz CT molecular complexity index is 1370. The molecule has 0 aliphatic carbocycles. The van der Waals surface area contributed by atoms with Crippen molar-refractivity contribution in [3.63, 3.8) is 0 Å². The maximum atomic E-state index is 12.5. The molecule has 0 saturated heterocycles. The second-order valence-corrected chi connectivity index (χ2v) is 6.36. The third-order valence-electron chi connectivity index (χ3n) is 4.40. The van der Waals surface area contributed by atoms with Crippen molar-refractivity contribution in [1.29, 1.82) is 0 Å². The van der Waals surface area contributed by atoms with Crippen molar-refractivity contribution in [1.82, 2.24) is 9.38 Å². The van der Waals surface area contributed by atoms with Gasteiger partial charge in [-0.25, -0.2) is 4.79 Å². The van der Waals surface area contributed by atoms with Crippen LogP contribution in [0.2, 0.25) is 0 Å². The Morgan fingerprint density at radius 2 is 2.03 bits per heavy atom. The molecular formula is C20H15N3O6. The fourth-order valence-corrected chi connectivity index (χ4v) is 3.15. The molecule has 146 valence electrons. The topological polar surface area (TPSA) is 117 Å². The van der Waals surface area contributed by atoms with Gasteiger partial charge in [0.05, 0.1) is 4.92 Å². The molecule has 0 radical (unpaired) electrons. The lowest BCUT2D eigenvalue weighted by Crippen LogP contribution is -2.19. The Morgan fingerprint density at radius 1 is 1.21 bits per heavy atom. The molecule has 0 aliphatic heterocycles. The number of rotatable bonds is 5. The van der Waals surface area contributed by atoms with Crippen LogP contribution < -0.4 is 15.9 Å². The summed E-state index contributed by atoms with van der Waals surface area (Å²) in [5.41, 5.74) is -0.790. The lowest BCUT2D eigenvalue weighted by atomic mass is 10.1. The highest BCUT2D eigenvalue weighted by atomic mass is 16.6. The Hall–Kier alpha value is -4.01. The van der Waals surface area contributed by atoms with E-state index in [1.165, 1.54) is 24.4 Å². The molecule has 29 heavy (non-hydrogen) atoms. The zero-order chi connectivity index (χ0) is 20.5. The molecule has 1 aromatic carbocycles. The molecule has 9 heteroatoms. The number of hydrogen-bond donors (Lipinski definition) is 0. The van der Waals surface area contributed by atoms with Crippen LogP contribution in [0.15, 0.2) is 62.7 Å². The molecule has 4 aromatic rings. The third kappa shape index (κ3) is 3.33. The van der Waals surface area contributed by atoms with E-state index < -0.39 is 27.7 Å². The standard InChI is InChI=1S/C20H15N3O6/c1-2-5-12-10-17(24)29-15-11-13(7-8-14(12)15)28-19-18(23(26)27)20(25)22-9-4-3-6-16(22)21-19/h3-4,6-11H,2,5H2,1H3. The molecule has 3 aromatic heterocycles. The van der Waals surface area contributed by atoms with Crippen molar-refractivity contribution >= 4 is 22.3 Å². The average molecular weight is 393 g/mol. The maximum Gasteiger partial charge on any atom is 0.396 e. The van der Waals surface area contributed by atoms with E-state index >= 15 is 0 Å². The van der Waals surface area contributed by atoms with Crippen molar-refractivity contribution in [2.45, 2.75) is 19.8 Å². The number of hydrogen-bond acceptors (Lipinski definition) is 7. The molecule has 3 heterocycles. The number of nitrogens with zero attached hydrogens (tertiary/aromatic N) is 3. The SMILES string of the molecule is CCCc1cc(=O)oc2cc(Oc3nc4ccccn4c(=O)c3[N+](=O)[O-])ccc12. The van der Waals surface area contributed by atoms with E-state index in [1.54, 1.807) is 24.3 Å². The predicted molar refractivity (Wildman–Crippen MR) is 105 cm³/mol. The van der Waals surface area contributed by atoms with Crippen molar-refractivity contribution in [3.05, 3.63) is 85.1 Å². The molecule has 0 unspecified atom stereocenters. The summed E-state index contributed by atoms with van der Waals surface area (Å²) < 4.78 is 11.9. The summed E-state index contributed by atoms with van der Waals surface area (Å²) in [6.45, 7) is 2.00. The molecular weight excluding hydrogens is 378 g/mol. The minimum atomic E-state index is -0.854.